The lowest BCUT2D eigenvalue weighted by Crippen LogP contribution is -2.28. The molecule has 10 nitrogen and oxygen atoms in total. The summed E-state index contributed by atoms with van der Waals surface area (Å²) in [7, 11) is 0. The maximum atomic E-state index is 13.2. The van der Waals surface area contributed by atoms with Crippen molar-refractivity contribution in [3.8, 4) is 33.2 Å². The van der Waals surface area contributed by atoms with Gasteiger partial charge in [-0.15, -0.1) is 21.5 Å². The zero-order chi connectivity index (χ0) is 25.5. The van der Waals surface area contributed by atoms with E-state index >= 15 is 0 Å². The molecule has 1 aliphatic carbocycles. The smallest absolute Gasteiger partial charge is 0.417 e. The number of aliphatic hydroxyl groups is 1. The third-order valence-electron chi connectivity index (χ3n) is 5.35. The van der Waals surface area contributed by atoms with E-state index in [2.05, 4.69) is 35.8 Å². The molecule has 3 N–H and O–H groups in total. The largest absolute Gasteiger partial charge is 0.434 e. The second kappa shape index (κ2) is 8.95. The molecule has 4 aromatic heterocycles. The number of nitrogens with zero attached hydrogens (tertiary/aromatic N) is 5. The van der Waals surface area contributed by atoms with Gasteiger partial charge in [-0.25, -0.2) is 14.8 Å². The van der Waals surface area contributed by atoms with Crippen molar-refractivity contribution >= 4 is 23.2 Å². The van der Waals surface area contributed by atoms with Gasteiger partial charge >= 0.3 is 12.2 Å². The van der Waals surface area contributed by atoms with Crippen LogP contribution in [0.3, 0.4) is 0 Å². The molecule has 1 aliphatic rings. The number of rotatable bonds is 6. The van der Waals surface area contributed by atoms with Crippen molar-refractivity contribution in [1.82, 2.24) is 30.5 Å². The van der Waals surface area contributed by atoms with Crippen LogP contribution in [0.25, 0.3) is 33.2 Å². The van der Waals surface area contributed by atoms with Crippen molar-refractivity contribution in [3.05, 3.63) is 47.7 Å². The number of hydrogen-bond donors (Lipinski definition) is 3. The topological polar surface area (TPSA) is 139 Å². The van der Waals surface area contributed by atoms with Crippen LogP contribution in [0.15, 0.2) is 40.5 Å². The van der Waals surface area contributed by atoms with Gasteiger partial charge in [0.05, 0.1) is 5.56 Å². The number of pyridine rings is 2. The number of hydrogen-bond acceptors (Lipinski definition) is 9. The molecule has 0 spiro atoms. The maximum absolute atomic E-state index is 13.2. The minimum Gasteiger partial charge on any atom is -0.417 e. The Morgan fingerprint density at radius 1 is 1.17 bits per heavy atom. The summed E-state index contributed by atoms with van der Waals surface area (Å²) in [5.74, 6) is 0.387. The predicted octanol–water partition coefficient (Wildman–Crippen LogP) is 4.46. The lowest BCUT2D eigenvalue weighted by Gasteiger charge is -2.11. The van der Waals surface area contributed by atoms with Crippen molar-refractivity contribution in [2.45, 2.75) is 31.5 Å². The quantitative estimate of drug-likeness (QED) is 0.341. The van der Waals surface area contributed by atoms with Crippen LogP contribution >= 0.6 is 11.3 Å². The van der Waals surface area contributed by atoms with Crippen LogP contribution in [-0.2, 0) is 11.8 Å². The van der Waals surface area contributed by atoms with Gasteiger partial charge in [-0.3, -0.25) is 10.3 Å². The minimum absolute atomic E-state index is 0.0834. The van der Waals surface area contributed by atoms with Crippen molar-refractivity contribution in [1.29, 1.82) is 0 Å². The first-order chi connectivity index (χ1) is 17.2. The first kappa shape index (κ1) is 23.8. The number of urea groups is 1. The zero-order valence-electron chi connectivity index (χ0n) is 18.6. The molecule has 0 aliphatic heterocycles. The summed E-state index contributed by atoms with van der Waals surface area (Å²) in [6.45, 7) is 2.12. The molecule has 1 saturated carbocycles. The molecule has 0 saturated heterocycles. The molecule has 0 aromatic carbocycles. The van der Waals surface area contributed by atoms with E-state index in [0.29, 0.717) is 41.6 Å². The Morgan fingerprint density at radius 3 is 2.64 bits per heavy atom. The highest BCUT2D eigenvalue weighted by molar-refractivity contribution is 7.13. The van der Waals surface area contributed by atoms with Crippen molar-refractivity contribution < 1.29 is 27.5 Å². The highest BCUT2D eigenvalue weighted by atomic mass is 32.1. The number of thiazole rings is 1. The average molecular weight is 517 g/mol. The Bertz CT molecular complexity index is 1430. The second-order valence-electron chi connectivity index (χ2n) is 8.04. The summed E-state index contributed by atoms with van der Waals surface area (Å²) in [4.78, 5) is 24.2. The highest BCUT2D eigenvalue weighted by Gasteiger charge is 2.47. The number of carbonyl (C=O) groups is 1. The molecule has 36 heavy (non-hydrogen) atoms. The third kappa shape index (κ3) is 4.77. The van der Waals surface area contributed by atoms with Gasteiger partial charge in [0.1, 0.15) is 16.4 Å². The van der Waals surface area contributed by atoms with Gasteiger partial charge < -0.3 is 14.8 Å². The standard InChI is InChI=1S/C22H18F3N7O3S/c1-2-27-20(33)30-16-6-13(18-29-15(10-36-18)22(23,24)25)14(9-28-16)11-5-12(8-26-7-11)17-31-32-19(35-17)21(34)3-4-21/h5-10,34H,2-4H2,1H3,(H2,27,28,30,33). The van der Waals surface area contributed by atoms with Crippen molar-refractivity contribution in [2.24, 2.45) is 0 Å². The molecule has 0 atom stereocenters. The molecule has 14 heteroatoms. The average Bonchev–Trinajstić information content (AvgIpc) is 3.25. The molecular formula is C22H18F3N7O3S. The number of amides is 2. The number of carbonyl (C=O) groups excluding carboxylic acids is 1. The van der Waals surface area contributed by atoms with Crippen molar-refractivity contribution in [3.63, 3.8) is 0 Å². The van der Waals surface area contributed by atoms with Gasteiger partial charge in [-0.2, -0.15) is 13.2 Å². The summed E-state index contributed by atoms with van der Waals surface area (Å²) in [6.07, 6.45) is 0.871. The number of aromatic nitrogens is 5. The van der Waals surface area contributed by atoms with Gasteiger partial charge in [-0.1, -0.05) is 0 Å². The van der Waals surface area contributed by atoms with Crippen molar-refractivity contribution in [2.75, 3.05) is 11.9 Å². The van der Waals surface area contributed by atoms with Crippen LogP contribution in [-0.4, -0.2) is 42.8 Å². The van der Waals surface area contributed by atoms with E-state index in [1.165, 1.54) is 24.7 Å². The zero-order valence-corrected chi connectivity index (χ0v) is 19.4. The molecule has 186 valence electrons. The summed E-state index contributed by atoms with van der Waals surface area (Å²) >= 11 is 0.814. The number of halogens is 3. The van der Waals surface area contributed by atoms with Gasteiger partial charge in [0.25, 0.3) is 0 Å². The SMILES string of the molecule is CCNC(=O)Nc1cc(-c2nc(C(F)(F)F)cs2)c(-c2cncc(-c3nnc(C4(O)CC4)o3)c2)cn1. The summed E-state index contributed by atoms with van der Waals surface area (Å²) in [6, 6.07) is 2.60. The van der Waals surface area contributed by atoms with Crippen LogP contribution in [0.2, 0.25) is 0 Å². The highest BCUT2D eigenvalue weighted by Crippen LogP contribution is 2.45. The van der Waals surface area contributed by atoms with E-state index in [-0.39, 0.29) is 22.6 Å². The first-order valence-electron chi connectivity index (χ1n) is 10.8. The molecule has 0 radical (unpaired) electrons. The second-order valence-corrected chi connectivity index (χ2v) is 8.90. The van der Waals surface area contributed by atoms with E-state index in [9.17, 15) is 23.1 Å². The molecule has 4 aromatic rings. The molecule has 0 unspecified atom stereocenters. The Hall–Kier alpha value is -3.91. The monoisotopic (exact) mass is 517 g/mol. The Kier molecular flexibility index (Phi) is 5.92. The van der Waals surface area contributed by atoms with Crippen LogP contribution in [0, 0.1) is 0 Å². The predicted molar refractivity (Wildman–Crippen MR) is 123 cm³/mol. The van der Waals surface area contributed by atoms with E-state index in [1.807, 2.05) is 0 Å². The van der Waals surface area contributed by atoms with E-state index < -0.39 is 23.5 Å². The van der Waals surface area contributed by atoms with Gasteiger partial charge in [0, 0.05) is 47.2 Å². The van der Waals surface area contributed by atoms with E-state index in [4.69, 9.17) is 4.42 Å². The van der Waals surface area contributed by atoms with Crippen LogP contribution < -0.4 is 10.6 Å². The normalized spacial score (nSPS) is 14.5. The summed E-state index contributed by atoms with van der Waals surface area (Å²) in [5, 5.41) is 24.2. The third-order valence-corrected chi connectivity index (χ3v) is 6.23. The Morgan fingerprint density at radius 2 is 1.94 bits per heavy atom. The van der Waals surface area contributed by atoms with Crippen LogP contribution in [0.4, 0.5) is 23.8 Å². The fourth-order valence-corrected chi connectivity index (χ4v) is 4.20. The molecule has 4 heterocycles. The summed E-state index contributed by atoms with van der Waals surface area (Å²) < 4.78 is 45.3. The Balaban J connectivity index is 1.55. The number of alkyl halides is 3. The minimum atomic E-state index is -4.60. The van der Waals surface area contributed by atoms with Gasteiger partial charge in [0.2, 0.25) is 11.8 Å². The van der Waals surface area contributed by atoms with Crippen LogP contribution in [0.5, 0.6) is 0 Å². The Labute approximate surface area is 205 Å². The van der Waals surface area contributed by atoms with Gasteiger partial charge in [-0.05, 0) is 31.9 Å². The van der Waals surface area contributed by atoms with E-state index in [0.717, 1.165) is 16.7 Å². The maximum Gasteiger partial charge on any atom is 0.434 e. The van der Waals surface area contributed by atoms with Crippen LogP contribution in [0.1, 0.15) is 31.4 Å². The number of anilines is 1. The first-order valence-corrected chi connectivity index (χ1v) is 11.6. The lowest BCUT2D eigenvalue weighted by atomic mass is 10.0. The van der Waals surface area contributed by atoms with E-state index in [1.54, 1.807) is 13.0 Å². The molecule has 2 amide bonds. The molecular weight excluding hydrogens is 499 g/mol. The fraction of sp³-hybridized carbons (Fsp3) is 0.273. The molecule has 0 bridgehead atoms. The summed E-state index contributed by atoms with van der Waals surface area (Å²) in [5.41, 5.74) is -0.438. The van der Waals surface area contributed by atoms with Gasteiger partial charge in [0.15, 0.2) is 5.69 Å². The molecule has 5 rings (SSSR count). The fourth-order valence-electron chi connectivity index (χ4n) is 3.34. The number of nitrogens with one attached hydrogen (secondary N) is 2. The lowest BCUT2D eigenvalue weighted by molar-refractivity contribution is -0.140. The molecule has 1 fully saturated rings.